The summed E-state index contributed by atoms with van der Waals surface area (Å²) in [6, 6.07) is 21.9. The Morgan fingerprint density at radius 1 is 1.05 bits per heavy atom. The molecule has 190 valence electrons. The molecule has 3 aromatic rings. The molecule has 1 amide bonds. The van der Waals surface area contributed by atoms with Crippen molar-refractivity contribution in [2.24, 2.45) is 0 Å². The first-order valence-corrected chi connectivity index (χ1v) is 12.6. The number of carbonyl (C=O) groups excluding carboxylic acids is 1. The third-order valence-electron chi connectivity index (χ3n) is 5.34. The zero-order chi connectivity index (χ0) is 26.6. The van der Waals surface area contributed by atoms with E-state index in [1.807, 2.05) is 43.3 Å². The Labute approximate surface area is 224 Å². The fourth-order valence-corrected chi connectivity index (χ4v) is 4.15. The van der Waals surface area contributed by atoms with Gasteiger partial charge in [0.2, 0.25) is 0 Å². The molecule has 8 heteroatoms. The molecule has 37 heavy (non-hydrogen) atoms. The number of carboxylic acid groups (broad SMARTS) is 1. The molecule has 0 unspecified atom stereocenters. The van der Waals surface area contributed by atoms with Gasteiger partial charge in [0.05, 0.1) is 16.6 Å². The first kappa shape index (κ1) is 27.5. The highest BCUT2D eigenvalue weighted by Crippen LogP contribution is 2.38. The summed E-state index contributed by atoms with van der Waals surface area (Å²) < 4.78 is 12.3. The summed E-state index contributed by atoms with van der Waals surface area (Å²) in [5.41, 5.74) is 2.62. The van der Waals surface area contributed by atoms with Gasteiger partial charge >= 0.3 is 5.97 Å². The van der Waals surface area contributed by atoms with Crippen molar-refractivity contribution in [3.8, 4) is 17.6 Å². The first-order valence-electron chi connectivity index (χ1n) is 11.8. The molecule has 0 radical (unpaired) electrons. The highest BCUT2D eigenvalue weighted by atomic mass is 79.9. The van der Waals surface area contributed by atoms with Crippen LogP contribution in [0, 0.1) is 11.3 Å². The number of nitriles is 1. The zero-order valence-corrected chi connectivity index (χ0v) is 22.0. The van der Waals surface area contributed by atoms with Crippen molar-refractivity contribution < 1.29 is 24.2 Å². The van der Waals surface area contributed by atoms with Gasteiger partial charge in [0.15, 0.2) is 11.5 Å². The molecule has 0 aromatic heterocycles. The van der Waals surface area contributed by atoms with E-state index in [1.54, 1.807) is 30.3 Å². The Bertz CT molecular complexity index is 1320. The van der Waals surface area contributed by atoms with Crippen LogP contribution >= 0.6 is 15.9 Å². The molecule has 0 aliphatic heterocycles. The second-order valence-electron chi connectivity index (χ2n) is 8.07. The van der Waals surface area contributed by atoms with Crippen molar-refractivity contribution in [3.63, 3.8) is 0 Å². The van der Waals surface area contributed by atoms with E-state index in [0.29, 0.717) is 40.3 Å². The number of carboxylic acids is 1. The molecule has 0 spiro atoms. The van der Waals surface area contributed by atoms with Gasteiger partial charge in [0.25, 0.3) is 5.91 Å². The third kappa shape index (κ3) is 8.23. The van der Waals surface area contributed by atoms with Crippen LogP contribution < -0.4 is 14.8 Å². The number of ether oxygens (including phenoxy) is 2. The molecule has 0 heterocycles. The van der Waals surface area contributed by atoms with Crippen LogP contribution in [0.3, 0.4) is 0 Å². The topological polar surface area (TPSA) is 109 Å². The maximum atomic E-state index is 12.6. The largest absolute Gasteiger partial charge is 0.490 e. The second kappa shape index (κ2) is 13.9. The van der Waals surface area contributed by atoms with Gasteiger partial charge in [-0.2, -0.15) is 5.26 Å². The number of hydrogen-bond donors (Lipinski definition) is 2. The third-order valence-corrected chi connectivity index (χ3v) is 5.92. The molecule has 0 aliphatic rings. The Hall–Kier alpha value is -4.09. The number of amides is 1. The van der Waals surface area contributed by atoms with Crippen molar-refractivity contribution in [2.45, 2.75) is 26.4 Å². The van der Waals surface area contributed by atoms with E-state index in [4.69, 9.17) is 9.47 Å². The summed E-state index contributed by atoms with van der Waals surface area (Å²) in [4.78, 5) is 23.8. The monoisotopic (exact) mass is 562 g/mol. The van der Waals surface area contributed by atoms with Crippen LogP contribution in [-0.4, -0.2) is 30.1 Å². The minimum atomic E-state index is -1.01. The van der Waals surface area contributed by atoms with Gasteiger partial charge in [-0.25, -0.2) is 4.79 Å². The van der Waals surface area contributed by atoms with E-state index in [0.717, 1.165) is 12.8 Å². The minimum absolute atomic E-state index is 0.0202. The summed E-state index contributed by atoms with van der Waals surface area (Å²) >= 11 is 3.49. The van der Waals surface area contributed by atoms with E-state index in [2.05, 4.69) is 21.2 Å². The number of halogens is 1. The smallest absolute Gasteiger partial charge is 0.335 e. The van der Waals surface area contributed by atoms with Gasteiger partial charge in [-0.3, -0.25) is 4.79 Å². The lowest BCUT2D eigenvalue weighted by atomic mass is 10.1. The number of hydrogen-bond acceptors (Lipinski definition) is 5. The molecule has 0 saturated heterocycles. The van der Waals surface area contributed by atoms with E-state index in [1.165, 1.54) is 17.7 Å². The van der Waals surface area contributed by atoms with Gasteiger partial charge < -0.3 is 19.9 Å². The lowest BCUT2D eigenvalue weighted by molar-refractivity contribution is -0.117. The number of aryl methyl sites for hydroxylation is 1. The standard InChI is InChI=1S/C29H27BrN2O5/c1-2-36-26-17-22(15-24(18-31)28(33)32-13-7-11-20-8-4-3-5-9-20)16-25(30)27(26)37-19-21-10-6-12-23(14-21)29(34)35/h3-6,8-10,12,14-17H,2,7,11,13,19H2,1H3,(H,32,33)(H,34,35)/b24-15-. The predicted octanol–water partition coefficient (Wildman–Crippen LogP) is 5.78. The lowest BCUT2D eigenvalue weighted by Gasteiger charge is -2.15. The van der Waals surface area contributed by atoms with Crippen molar-refractivity contribution in [2.75, 3.05) is 13.2 Å². The molecule has 7 nitrogen and oxygen atoms in total. The van der Waals surface area contributed by atoms with E-state index < -0.39 is 11.9 Å². The number of carbonyl (C=O) groups is 2. The number of aromatic carboxylic acids is 1. The SMILES string of the molecule is CCOc1cc(/C=C(/C#N)C(=O)NCCCc2ccccc2)cc(Br)c1OCc1cccc(C(=O)O)c1. The fourth-order valence-electron chi connectivity index (χ4n) is 3.57. The predicted molar refractivity (Wildman–Crippen MR) is 144 cm³/mol. The van der Waals surface area contributed by atoms with E-state index >= 15 is 0 Å². The van der Waals surface area contributed by atoms with Crippen molar-refractivity contribution in [1.82, 2.24) is 5.32 Å². The second-order valence-corrected chi connectivity index (χ2v) is 8.93. The number of nitrogens with zero attached hydrogens (tertiary/aromatic N) is 1. The Morgan fingerprint density at radius 2 is 1.81 bits per heavy atom. The summed E-state index contributed by atoms with van der Waals surface area (Å²) in [7, 11) is 0. The van der Waals surface area contributed by atoms with Crippen LogP contribution in [0.2, 0.25) is 0 Å². The van der Waals surface area contributed by atoms with Gasteiger partial charge in [-0.05, 0) is 82.7 Å². The highest BCUT2D eigenvalue weighted by molar-refractivity contribution is 9.10. The summed E-state index contributed by atoms with van der Waals surface area (Å²) in [6.45, 7) is 2.79. The fraction of sp³-hybridized carbons (Fsp3) is 0.207. The Balaban J connectivity index is 1.70. The van der Waals surface area contributed by atoms with Crippen LogP contribution in [-0.2, 0) is 17.8 Å². The molecule has 2 N–H and O–H groups in total. The van der Waals surface area contributed by atoms with Crippen LogP contribution in [0.1, 0.15) is 40.4 Å². The van der Waals surface area contributed by atoms with Crippen LogP contribution in [0.4, 0.5) is 0 Å². The normalized spacial score (nSPS) is 10.9. The molecule has 0 bridgehead atoms. The number of benzene rings is 3. The van der Waals surface area contributed by atoms with Crippen molar-refractivity contribution >= 4 is 33.9 Å². The molecule has 0 atom stereocenters. The Kier molecular flexibility index (Phi) is 10.3. The Morgan fingerprint density at radius 3 is 2.51 bits per heavy atom. The van der Waals surface area contributed by atoms with E-state index in [-0.39, 0.29) is 17.7 Å². The first-order chi connectivity index (χ1) is 17.9. The molecule has 0 fully saturated rings. The maximum absolute atomic E-state index is 12.6. The quantitative estimate of drug-likeness (QED) is 0.164. The average Bonchev–Trinajstić information content (AvgIpc) is 2.90. The molecule has 3 aromatic carbocycles. The zero-order valence-electron chi connectivity index (χ0n) is 20.4. The van der Waals surface area contributed by atoms with Gasteiger partial charge in [-0.1, -0.05) is 42.5 Å². The minimum Gasteiger partial charge on any atom is -0.490 e. The summed E-state index contributed by atoms with van der Waals surface area (Å²) in [5, 5.41) is 21.6. The summed E-state index contributed by atoms with van der Waals surface area (Å²) in [5.74, 6) is -0.590. The highest BCUT2D eigenvalue weighted by Gasteiger charge is 2.15. The lowest BCUT2D eigenvalue weighted by Crippen LogP contribution is -2.25. The van der Waals surface area contributed by atoms with Crippen molar-refractivity contribution in [3.05, 3.63) is 99.0 Å². The van der Waals surface area contributed by atoms with Crippen LogP contribution in [0.15, 0.2) is 76.8 Å². The van der Waals surface area contributed by atoms with E-state index in [9.17, 15) is 20.0 Å². The molecular weight excluding hydrogens is 536 g/mol. The van der Waals surface area contributed by atoms with Gasteiger partial charge in [0.1, 0.15) is 18.2 Å². The maximum Gasteiger partial charge on any atom is 0.335 e. The molecule has 0 aliphatic carbocycles. The average molecular weight is 563 g/mol. The number of nitrogens with one attached hydrogen (secondary N) is 1. The van der Waals surface area contributed by atoms with Gasteiger partial charge in [-0.15, -0.1) is 0 Å². The molecule has 3 rings (SSSR count). The van der Waals surface area contributed by atoms with Gasteiger partial charge in [0, 0.05) is 6.54 Å². The van der Waals surface area contributed by atoms with Crippen LogP contribution in [0.25, 0.3) is 6.08 Å². The molecule has 0 saturated carbocycles. The number of rotatable bonds is 12. The molecular formula is C29H27BrN2O5. The summed E-state index contributed by atoms with van der Waals surface area (Å²) in [6.07, 6.45) is 3.09. The van der Waals surface area contributed by atoms with Crippen molar-refractivity contribution in [1.29, 1.82) is 5.26 Å². The van der Waals surface area contributed by atoms with Crippen LogP contribution in [0.5, 0.6) is 11.5 Å².